The van der Waals surface area contributed by atoms with Crippen LogP contribution in [0.15, 0.2) is 128 Å². The third kappa shape index (κ3) is 5.79. The lowest BCUT2D eigenvalue weighted by atomic mass is 9.73. The quantitative estimate of drug-likeness (QED) is 0.156. The van der Waals surface area contributed by atoms with Crippen molar-refractivity contribution in [1.82, 2.24) is 15.2 Å². The summed E-state index contributed by atoms with van der Waals surface area (Å²) in [5.74, 6) is 1.78. The van der Waals surface area contributed by atoms with E-state index in [0.717, 1.165) is 52.6 Å². The molecular weight excluding hydrogens is 573 g/mol. The Kier molecular flexibility index (Phi) is 8.47. The molecule has 0 aliphatic carbocycles. The first-order valence-electron chi connectivity index (χ1n) is 15.7. The molecule has 2 bridgehead atoms. The van der Waals surface area contributed by atoms with Gasteiger partial charge < -0.3 is 10.1 Å². The molecule has 1 amide bonds. The normalized spacial score (nSPS) is 21.4. The summed E-state index contributed by atoms with van der Waals surface area (Å²) in [6.45, 7) is 6.14. The number of rotatable bonds is 9. The predicted octanol–water partition coefficient (Wildman–Crippen LogP) is 6.37. The minimum absolute atomic E-state index is 0.0502. The van der Waals surface area contributed by atoms with Crippen LogP contribution < -0.4 is 26.0 Å². The molecule has 1 N–H and O–H groups in total. The van der Waals surface area contributed by atoms with Crippen LogP contribution >= 0.6 is 7.92 Å². The highest BCUT2D eigenvalue weighted by atomic mass is 31.1. The summed E-state index contributed by atoms with van der Waals surface area (Å²) in [6.07, 6.45) is 6.17. The average molecular weight is 612 g/mol. The third-order valence-corrected chi connectivity index (χ3v) is 12.1. The molecule has 1 unspecified atom stereocenters. The van der Waals surface area contributed by atoms with Gasteiger partial charge in [0.2, 0.25) is 0 Å². The van der Waals surface area contributed by atoms with E-state index in [1.165, 1.54) is 17.0 Å². The lowest BCUT2D eigenvalue weighted by Gasteiger charge is -2.51. The summed E-state index contributed by atoms with van der Waals surface area (Å²) in [4.78, 5) is 21.9. The summed E-state index contributed by atoms with van der Waals surface area (Å²) in [5.41, 5.74) is 2.69. The fraction of sp³-hybridized carbons (Fsp3) is 0.231. The van der Waals surface area contributed by atoms with Crippen LogP contribution in [-0.4, -0.2) is 42.0 Å². The van der Waals surface area contributed by atoms with Gasteiger partial charge >= 0.3 is 0 Å². The van der Waals surface area contributed by atoms with Crippen molar-refractivity contribution in [3.05, 3.63) is 139 Å². The smallest absolute Gasteiger partial charge is 0.252 e. The van der Waals surface area contributed by atoms with Gasteiger partial charge in [-0.15, -0.1) is 6.58 Å². The number of carbonyl (C=O) groups excluding carboxylic acids is 1. The highest BCUT2D eigenvalue weighted by Crippen LogP contribution is 2.43. The molecule has 3 saturated heterocycles. The molecule has 5 atom stereocenters. The Hall–Kier alpha value is -4.31. The first-order valence-corrected chi connectivity index (χ1v) is 17.1. The summed E-state index contributed by atoms with van der Waals surface area (Å²) < 4.78 is 5.62. The Bertz CT molecular complexity index is 1770. The number of piperidine rings is 3. The number of pyridine rings is 1. The molecule has 4 heterocycles. The Morgan fingerprint density at radius 2 is 1.69 bits per heavy atom. The predicted molar refractivity (Wildman–Crippen MR) is 185 cm³/mol. The zero-order valence-electron chi connectivity index (χ0n) is 25.6. The molecule has 5 aromatic rings. The van der Waals surface area contributed by atoms with Crippen molar-refractivity contribution in [3.63, 3.8) is 0 Å². The molecular formula is C39H38N3O2P. The van der Waals surface area contributed by atoms with Crippen molar-refractivity contribution in [3.8, 4) is 5.75 Å². The van der Waals surface area contributed by atoms with E-state index in [0.29, 0.717) is 11.8 Å². The molecule has 4 aromatic carbocycles. The van der Waals surface area contributed by atoms with Crippen LogP contribution in [0.25, 0.3) is 10.9 Å². The number of nitrogens with one attached hydrogen (secondary N) is 1. The molecule has 45 heavy (non-hydrogen) atoms. The molecule has 6 heteroatoms. The van der Waals surface area contributed by atoms with Gasteiger partial charge in [-0.3, -0.25) is 14.7 Å². The minimum atomic E-state index is -0.950. The van der Waals surface area contributed by atoms with Crippen LogP contribution in [0.4, 0.5) is 0 Å². The molecule has 0 radical (unpaired) electrons. The third-order valence-electron chi connectivity index (χ3n) is 9.56. The molecule has 5 nitrogen and oxygen atoms in total. The van der Waals surface area contributed by atoms with Gasteiger partial charge in [-0.25, -0.2) is 0 Å². The second-order valence-electron chi connectivity index (χ2n) is 12.0. The van der Waals surface area contributed by atoms with Crippen molar-refractivity contribution in [2.24, 2.45) is 11.8 Å². The lowest BCUT2D eigenvalue weighted by molar-refractivity contribution is 0.00171. The SMILES string of the molecule is C=C[C@H]1CN2CC[C@H]1C[C@@H]2[C@H](NC(=O)c1ccccc1P(c1ccccc1)c1ccccc1)c1ccnc2ccc(OC)cc12. The maximum Gasteiger partial charge on any atom is 0.252 e. The Labute approximate surface area is 266 Å². The van der Waals surface area contributed by atoms with E-state index in [2.05, 4.69) is 101 Å². The van der Waals surface area contributed by atoms with E-state index in [1.807, 2.05) is 42.6 Å². The maximum atomic E-state index is 14.7. The second kappa shape index (κ2) is 13.0. The lowest BCUT2D eigenvalue weighted by Crippen LogP contribution is -2.57. The standard InChI is InChI=1S/C39H38N3O2P/c1-3-27-26-42-23-21-28(27)24-36(42)38(32-20-22-40-35-19-18-29(44-2)25-34(32)35)41-39(43)33-16-10-11-17-37(33)45(30-12-6-4-7-13-30)31-14-8-5-9-15-31/h3-20,22,25,27-28,36,38H,1,21,23-24,26H2,2H3,(H,41,43)/t27-,28-,36+,38+/m0/s1. The number of benzene rings is 4. The number of hydrogen-bond acceptors (Lipinski definition) is 4. The number of fused-ring (bicyclic) bond motifs is 4. The van der Waals surface area contributed by atoms with Gasteiger partial charge in [-0.05, 0) is 91.0 Å². The minimum Gasteiger partial charge on any atom is -0.497 e. The van der Waals surface area contributed by atoms with Crippen LogP contribution in [0, 0.1) is 11.8 Å². The fourth-order valence-electron chi connectivity index (χ4n) is 7.31. The van der Waals surface area contributed by atoms with E-state index in [9.17, 15) is 4.79 Å². The van der Waals surface area contributed by atoms with Gasteiger partial charge in [-0.1, -0.05) is 84.9 Å². The monoisotopic (exact) mass is 611 g/mol. The van der Waals surface area contributed by atoms with Crippen LogP contribution in [-0.2, 0) is 0 Å². The topological polar surface area (TPSA) is 54.5 Å². The van der Waals surface area contributed by atoms with Gasteiger partial charge in [0.1, 0.15) is 5.75 Å². The Morgan fingerprint density at radius 3 is 2.36 bits per heavy atom. The number of hydrogen-bond donors (Lipinski definition) is 1. The molecule has 8 rings (SSSR count). The summed E-state index contributed by atoms with van der Waals surface area (Å²) in [5, 5.41) is 8.10. The van der Waals surface area contributed by atoms with E-state index in [1.54, 1.807) is 7.11 Å². The van der Waals surface area contributed by atoms with E-state index in [4.69, 9.17) is 4.74 Å². The highest BCUT2D eigenvalue weighted by Gasteiger charge is 2.43. The van der Waals surface area contributed by atoms with Crippen molar-refractivity contribution in [2.45, 2.75) is 24.9 Å². The second-order valence-corrected chi connectivity index (χ2v) is 14.2. The van der Waals surface area contributed by atoms with Gasteiger partial charge in [0, 0.05) is 29.7 Å². The van der Waals surface area contributed by atoms with Gasteiger partial charge in [0.15, 0.2) is 0 Å². The zero-order valence-corrected chi connectivity index (χ0v) is 26.4. The molecule has 0 spiro atoms. The van der Waals surface area contributed by atoms with Crippen molar-refractivity contribution in [1.29, 1.82) is 0 Å². The zero-order chi connectivity index (χ0) is 30.8. The molecule has 0 saturated carbocycles. The Morgan fingerprint density at radius 1 is 0.978 bits per heavy atom. The first-order chi connectivity index (χ1) is 22.1. The first kappa shape index (κ1) is 29.4. The highest BCUT2D eigenvalue weighted by molar-refractivity contribution is 7.80. The van der Waals surface area contributed by atoms with Crippen LogP contribution in [0.5, 0.6) is 5.75 Å². The number of methoxy groups -OCH3 is 1. The summed E-state index contributed by atoms with van der Waals surface area (Å²) in [7, 11) is 0.737. The van der Waals surface area contributed by atoms with Crippen LogP contribution in [0.1, 0.15) is 34.8 Å². The number of ether oxygens (including phenoxy) is 1. The fourth-order valence-corrected chi connectivity index (χ4v) is 9.76. The number of aromatic nitrogens is 1. The van der Waals surface area contributed by atoms with Gasteiger partial charge in [0.25, 0.3) is 5.91 Å². The van der Waals surface area contributed by atoms with Gasteiger partial charge in [-0.2, -0.15) is 0 Å². The molecule has 3 aliphatic rings. The Balaban J connectivity index is 1.32. The van der Waals surface area contributed by atoms with Crippen molar-refractivity contribution < 1.29 is 9.53 Å². The van der Waals surface area contributed by atoms with Crippen LogP contribution in [0.2, 0.25) is 0 Å². The maximum absolute atomic E-state index is 14.7. The molecule has 1 aromatic heterocycles. The number of amides is 1. The molecule has 3 aliphatic heterocycles. The summed E-state index contributed by atoms with van der Waals surface area (Å²) in [6, 6.07) is 37.3. The van der Waals surface area contributed by atoms with Crippen LogP contribution in [0.3, 0.4) is 0 Å². The van der Waals surface area contributed by atoms with E-state index in [-0.39, 0.29) is 18.0 Å². The summed E-state index contributed by atoms with van der Waals surface area (Å²) >= 11 is 0. The largest absolute Gasteiger partial charge is 0.497 e. The van der Waals surface area contributed by atoms with Gasteiger partial charge in [0.05, 0.1) is 18.7 Å². The average Bonchev–Trinajstić information content (AvgIpc) is 3.11. The number of nitrogens with zero attached hydrogens (tertiary/aromatic N) is 2. The van der Waals surface area contributed by atoms with Crippen molar-refractivity contribution in [2.75, 3.05) is 20.2 Å². The molecule has 3 fully saturated rings. The van der Waals surface area contributed by atoms with Crippen molar-refractivity contribution >= 4 is 40.6 Å². The van der Waals surface area contributed by atoms with E-state index < -0.39 is 7.92 Å². The number of carbonyl (C=O) groups is 1. The molecule has 226 valence electrons. The van der Waals surface area contributed by atoms with E-state index >= 15 is 0 Å².